The van der Waals surface area contributed by atoms with E-state index < -0.39 is 0 Å². The van der Waals surface area contributed by atoms with Gasteiger partial charge in [0.2, 0.25) is 0 Å². The Morgan fingerprint density at radius 3 is 2.33 bits per heavy atom. The summed E-state index contributed by atoms with van der Waals surface area (Å²) >= 11 is 0. The number of rotatable bonds is 4. The number of aryl methyl sites for hydroxylation is 1. The molecule has 0 aliphatic carbocycles. The molecule has 0 aliphatic rings. The second-order valence-corrected chi connectivity index (χ2v) is 3.15. The lowest BCUT2D eigenvalue weighted by Gasteiger charge is -2.14. The van der Waals surface area contributed by atoms with Crippen LogP contribution in [-0.4, -0.2) is 21.3 Å². The van der Waals surface area contributed by atoms with Gasteiger partial charge in [-0.05, 0) is 18.6 Å². The van der Waals surface area contributed by atoms with Gasteiger partial charge >= 0.3 is 0 Å². The van der Waals surface area contributed by atoms with Crippen LogP contribution in [0.15, 0.2) is 6.07 Å². The molecule has 0 heterocycles. The third kappa shape index (κ3) is 2.21. The van der Waals surface area contributed by atoms with Gasteiger partial charge in [0.05, 0.1) is 26.4 Å². The molecule has 0 aliphatic heterocycles. The summed E-state index contributed by atoms with van der Waals surface area (Å²) in [5.41, 5.74) is 0.900. The Kier molecular flexibility index (Phi) is 3.91. The van der Waals surface area contributed by atoms with Crippen LogP contribution < -0.4 is 9.47 Å². The van der Waals surface area contributed by atoms with E-state index in [2.05, 4.69) is 0 Å². The second-order valence-electron chi connectivity index (χ2n) is 3.15. The maximum absolute atomic E-state index is 13.7. The average molecular weight is 214 g/mol. The molecule has 0 amide bonds. The molecule has 0 atom stereocenters. The molecule has 0 radical (unpaired) electrons. The first kappa shape index (κ1) is 11.8. The van der Waals surface area contributed by atoms with Gasteiger partial charge in [0, 0.05) is 7.11 Å². The van der Waals surface area contributed by atoms with Gasteiger partial charge in [0.1, 0.15) is 5.82 Å². The Morgan fingerprint density at radius 2 is 1.87 bits per heavy atom. The van der Waals surface area contributed by atoms with E-state index >= 15 is 0 Å². The van der Waals surface area contributed by atoms with E-state index in [0.717, 1.165) is 0 Å². The molecule has 15 heavy (non-hydrogen) atoms. The number of hydrogen-bond acceptors (Lipinski definition) is 3. The molecule has 1 rings (SSSR count). The van der Waals surface area contributed by atoms with Gasteiger partial charge in [-0.3, -0.25) is 0 Å². The van der Waals surface area contributed by atoms with Crippen LogP contribution in [0.4, 0.5) is 4.39 Å². The molecular weight excluding hydrogens is 199 g/mol. The lowest BCUT2D eigenvalue weighted by atomic mass is 10.1. The van der Waals surface area contributed by atoms with E-state index in [-0.39, 0.29) is 12.4 Å². The zero-order valence-corrected chi connectivity index (χ0v) is 9.39. The normalized spacial score (nSPS) is 10.2. The first-order valence-electron chi connectivity index (χ1n) is 4.54. The van der Waals surface area contributed by atoms with Gasteiger partial charge < -0.3 is 14.2 Å². The summed E-state index contributed by atoms with van der Waals surface area (Å²) in [6.45, 7) is 1.84. The Balaban J connectivity index is 3.35. The highest BCUT2D eigenvalue weighted by molar-refractivity contribution is 5.50. The molecule has 0 fully saturated rings. The minimum absolute atomic E-state index is 0.160. The quantitative estimate of drug-likeness (QED) is 0.769. The van der Waals surface area contributed by atoms with Crippen molar-refractivity contribution in [3.63, 3.8) is 0 Å². The van der Waals surface area contributed by atoms with Gasteiger partial charge in [-0.15, -0.1) is 0 Å². The molecule has 84 valence electrons. The smallest absolute Gasteiger partial charge is 0.169 e. The Hall–Kier alpha value is -1.29. The van der Waals surface area contributed by atoms with Crippen molar-refractivity contribution in [3.05, 3.63) is 23.0 Å². The predicted molar refractivity (Wildman–Crippen MR) is 55.0 cm³/mol. The van der Waals surface area contributed by atoms with Crippen LogP contribution in [0.3, 0.4) is 0 Å². The summed E-state index contributed by atoms with van der Waals surface area (Å²) in [6, 6.07) is 1.60. The predicted octanol–water partition coefficient (Wildman–Crippen LogP) is 2.30. The van der Waals surface area contributed by atoms with Crippen molar-refractivity contribution in [2.75, 3.05) is 21.3 Å². The molecule has 1 aromatic rings. The average Bonchev–Trinajstić information content (AvgIpc) is 2.24. The van der Waals surface area contributed by atoms with E-state index in [9.17, 15) is 4.39 Å². The minimum Gasteiger partial charge on any atom is -0.493 e. The van der Waals surface area contributed by atoms with E-state index in [4.69, 9.17) is 14.2 Å². The third-order valence-corrected chi connectivity index (χ3v) is 2.17. The summed E-state index contributed by atoms with van der Waals surface area (Å²) in [5.74, 6) is 0.598. The van der Waals surface area contributed by atoms with E-state index in [1.807, 2.05) is 0 Å². The summed E-state index contributed by atoms with van der Waals surface area (Å²) in [6.07, 6.45) is 0. The van der Waals surface area contributed by atoms with Crippen LogP contribution in [0.2, 0.25) is 0 Å². The molecule has 0 spiro atoms. The molecule has 3 nitrogen and oxygen atoms in total. The van der Waals surface area contributed by atoms with Crippen LogP contribution >= 0.6 is 0 Å². The molecular formula is C11H15FO3. The van der Waals surface area contributed by atoms with Crippen molar-refractivity contribution in [1.29, 1.82) is 0 Å². The molecule has 0 aromatic heterocycles. The van der Waals surface area contributed by atoms with E-state index in [1.165, 1.54) is 21.3 Å². The van der Waals surface area contributed by atoms with Crippen LogP contribution in [0.5, 0.6) is 11.5 Å². The minimum atomic E-state index is -0.311. The lowest BCUT2D eigenvalue weighted by molar-refractivity contribution is 0.176. The fourth-order valence-corrected chi connectivity index (χ4v) is 1.46. The van der Waals surface area contributed by atoms with Crippen molar-refractivity contribution in [2.45, 2.75) is 13.5 Å². The Labute approximate surface area is 88.8 Å². The first-order valence-corrected chi connectivity index (χ1v) is 4.54. The van der Waals surface area contributed by atoms with Crippen LogP contribution in [0.1, 0.15) is 11.1 Å². The maximum Gasteiger partial charge on any atom is 0.169 e. The SMILES string of the molecule is COCc1c(F)c(C)cc(OC)c1OC. The van der Waals surface area contributed by atoms with Crippen molar-refractivity contribution in [1.82, 2.24) is 0 Å². The number of benzene rings is 1. The van der Waals surface area contributed by atoms with Crippen molar-refractivity contribution >= 4 is 0 Å². The Bertz CT molecular complexity index is 350. The van der Waals surface area contributed by atoms with Crippen molar-refractivity contribution in [3.8, 4) is 11.5 Å². The fourth-order valence-electron chi connectivity index (χ4n) is 1.46. The number of halogens is 1. The van der Waals surface area contributed by atoms with Crippen LogP contribution in [-0.2, 0) is 11.3 Å². The zero-order chi connectivity index (χ0) is 11.4. The fraction of sp³-hybridized carbons (Fsp3) is 0.455. The largest absolute Gasteiger partial charge is 0.493 e. The molecule has 1 aromatic carbocycles. The maximum atomic E-state index is 13.7. The van der Waals surface area contributed by atoms with Gasteiger partial charge in [-0.2, -0.15) is 0 Å². The van der Waals surface area contributed by atoms with E-state index in [0.29, 0.717) is 22.6 Å². The summed E-state index contributed by atoms with van der Waals surface area (Å²) in [5, 5.41) is 0. The first-order chi connectivity index (χ1) is 7.15. The van der Waals surface area contributed by atoms with Crippen molar-refractivity contribution in [2.24, 2.45) is 0 Å². The molecule has 0 unspecified atom stereocenters. The standard InChI is InChI=1S/C11H15FO3/c1-7-5-9(14-3)11(15-4)8(6-13-2)10(7)12/h5H,6H2,1-4H3. The van der Waals surface area contributed by atoms with E-state index in [1.54, 1.807) is 13.0 Å². The monoisotopic (exact) mass is 214 g/mol. The lowest BCUT2D eigenvalue weighted by Crippen LogP contribution is -2.02. The summed E-state index contributed by atoms with van der Waals surface area (Å²) < 4.78 is 28.9. The van der Waals surface area contributed by atoms with Crippen LogP contribution in [0, 0.1) is 12.7 Å². The highest BCUT2D eigenvalue weighted by atomic mass is 19.1. The topological polar surface area (TPSA) is 27.7 Å². The highest BCUT2D eigenvalue weighted by Crippen LogP contribution is 2.35. The van der Waals surface area contributed by atoms with Gasteiger partial charge in [0.25, 0.3) is 0 Å². The molecule has 0 saturated carbocycles. The number of hydrogen-bond donors (Lipinski definition) is 0. The molecule has 4 heteroatoms. The highest BCUT2D eigenvalue weighted by Gasteiger charge is 2.17. The molecule has 0 saturated heterocycles. The number of ether oxygens (including phenoxy) is 3. The van der Waals surface area contributed by atoms with Gasteiger partial charge in [0.15, 0.2) is 11.5 Å². The van der Waals surface area contributed by atoms with Gasteiger partial charge in [-0.1, -0.05) is 0 Å². The van der Waals surface area contributed by atoms with Crippen LogP contribution in [0.25, 0.3) is 0 Å². The third-order valence-electron chi connectivity index (χ3n) is 2.17. The Morgan fingerprint density at radius 1 is 1.20 bits per heavy atom. The molecule has 0 N–H and O–H groups in total. The van der Waals surface area contributed by atoms with Gasteiger partial charge in [-0.25, -0.2) is 4.39 Å². The second kappa shape index (κ2) is 4.98. The molecule has 0 bridgehead atoms. The number of methoxy groups -OCH3 is 3. The zero-order valence-electron chi connectivity index (χ0n) is 9.39. The summed E-state index contributed by atoms with van der Waals surface area (Å²) in [7, 11) is 4.51. The summed E-state index contributed by atoms with van der Waals surface area (Å²) in [4.78, 5) is 0. The van der Waals surface area contributed by atoms with Crippen molar-refractivity contribution < 1.29 is 18.6 Å².